The molecule has 2 aromatic rings. The van der Waals surface area contributed by atoms with Crippen LogP contribution in [0.4, 0.5) is 0 Å². The van der Waals surface area contributed by atoms with E-state index in [1.807, 2.05) is 50.4 Å². The van der Waals surface area contributed by atoms with Crippen molar-refractivity contribution in [3.63, 3.8) is 0 Å². The second-order valence-corrected chi connectivity index (χ2v) is 4.16. The molecule has 0 aliphatic carbocycles. The Kier molecular flexibility index (Phi) is 3.28. The number of nitrogens with one attached hydrogen (secondary N) is 1. The van der Waals surface area contributed by atoms with Gasteiger partial charge < -0.3 is 9.88 Å². The quantitative estimate of drug-likeness (QED) is 0.861. The zero-order valence-electron chi connectivity index (χ0n) is 10.1. The van der Waals surface area contributed by atoms with E-state index in [9.17, 15) is 4.79 Å². The van der Waals surface area contributed by atoms with Gasteiger partial charge in [0, 0.05) is 25.5 Å². The van der Waals surface area contributed by atoms with Crippen LogP contribution in [0.25, 0.3) is 0 Å². The molecule has 1 aromatic heterocycles. The normalized spacial score (nSPS) is 10.2. The number of carbonyl (C=O) groups is 1. The fourth-order valence-corrected chi connectivity index (χ4v) is 1.82. The van der Waals surface area contributed by atoms with Crippen LogP contribution in [-0.4, -0.2) is 22.8 Å². The van der Waals surface area contributed by atoms with Gasteiger partial charge in [0.2, 0.25) is 0 Å². The summed E-state index contributed by atoms with van der Waals surface area (Å²) in [6.07, 6.45) is 1.79. The molecule has 3 heteroatoms. The maximum absolute atomic E-state index is 12.1. The number of amides is 1. The number of benzene rings is 1. The van der Waals surface area contributed by atoms with Crippen LogP contribution >= 0.6 is 0 Å². The van der Waals surface area contributed by atoms with Gasteiger partial charge in [-0.25, -0.2) is 0 Å². The zero-order valence-corrected chi connectivity index (χ0v) is 10.1. The van der Waals surface area contributed by atoms with Gasteiger partial charge in [-0.2, -0.15) is 0 Å². The third kappa shape index (κ3) is 2.56. The third-order valence-electron chi connectivity index (χ3n) is 2.79. The molecule has 0 saturated heterocycles. The van der Waals surface area contributed by atoms with Crippen molar-refractivity contribution in [2.75, 3.05) is 7.05 Å². The fraction of sp³-hybridized carbons (Fsp3) is 0.214. The van der Waals surface area contributed by atoms with Gasteiger partial charge in [-0.3, -0.25) is 4.79 Å². The van der Waals surface area contributed by atoms with Crippen molar-refractivity contribution in [3.8, 4) is 0 Å². The van der Waals surface area contributed by atoms with E-state index in [1.54, 1.807) is 11.1 Å². The number of aryl methyl sites for hydroxylation is 1. The molecule has 88 valence electrons. The smallest absolute Gasteiger partial charge is 0.255 e. The first kappa shape index (κ1) is 11.5. The molecule has 1 aromatic carbocycles. The Labute approximate surface area is 101 Å². The summed E-state index contributed by atoms with van der Waals surface area (Å²) in [5.41, 5.74) is 2.79. The number of nitrogens with zero attached hydrogens (tertiary/aromatic N) is 1. The Morgan fingerprint density at radius 1 is 1.24 bits per heavy atom. The van der Waals surface area contributed by atoms with Gasteiger partial charge in [0.1, 0.15) is 0 Å². The van der Waals surface area contributed by atoms with Crippen molar-refractivity contribution >= 4 is 5.91 Å². The topological polar surface area (TPSA) is 36.1 Å². The van der Waals surface area contributed by atoms with E-state index < -0.39 is 0 Å². The maximum Gasteiger partial charge on any atom is 0.255 e. The molecule has 0 spiro atoms. The number of rotatable bonds is 3. The molecule has 0 atom stereocenters. The van der Waals surface area contributed by atoms with Gasteiger partial charge in [-0.15, -0.1) is 0 Å². The van der Waals surface area contributed by atoms with Crippen LogP contribution in [0, 0.1) is 6.92 Å². The number of carbonyl (C=O) groups excluding carboxylic acids is 1. The van der Waals surface area contributed by atoms with Crippen molar-refractivity contribution in [2.45, 2.75) is 13.5 Å². The molecule has 2 rings (SSSR count). The second-order valence-electron chi connectivity index (χ2n) is 4.16. The largest absolute Gasteiger partial charge is 0.365 e. The molecule has 0 radical (unpaired) electrons. The van der Waals surface area contributed by atoms with Crippen molar-refractivity contribution in [3.05, 3.63) is 59.4 Å². The molecule has 3 nitrogen and oxygen atoms in total. The molecule has 1 N–H and O–H groups in total. The molecule has 0 aliphatic rings. The molecule has 0 fully saturated rings. The minimum absolute atomic E-state index is 0.0487. The number of aromatic nitrogens is 1. The van der Waals surface area contributed by atoms with E-state index in [0.29, 0.717) is 6.54 Å². The van der Waals surface area contributed by atoms with E-state index >= 15 is 0 Å². The predicted octanol–water partition coefficient (Wildman–Crippen LogP) is 2.60. The van der Waals surface area contributed by atoms with Gasteiger partial charge in [0.25, 0.3) is 5.91 Å². The van der Waals surface area contributed by atoms with Crippen molar-refractivity contribution in [1.29, 1.82) is 0 Å². The highest BCUT2D eigenvalue weighted by Gasteiger charge is 2.14. The van der Waals surface area contributed by atoms with Gasteiger partial charge >= 0.3 is 0 Å². The minimum atomic E-state index is 0.0487. The van der Waals surface area contributed by atoms with E-state index in [0.717, 1.165) is 16.8 Å². The molecule has 17 heavy (non-hydrogen) atoms. The Morgan fingerprint density at radius 3 is 2.53 bits per heavy atom. The highest BCUT2D eigenvalue weighted by molar-refractivity contribution is 5.95. The standard InChI is InChI=1S/C14H16N2O/c1-11-13(8-9-15-11)14(17)16(2)10-12-6-4-3-5-7-12/h3-9,15H,10H2,1-2H3. The first-order valence-corrected chi connectivity index (χ1v) is 5.62. The molecular formula is C14H16N2O. The van der Waals surface area contributed by atoms with E-state index in [-0.39, 0.29) is 5.91 Å². The minimum Gasteiger partial charge on any atom is -0.365 e. The van der Waals surface area contributed by atoms with Gasteiger partial charge in [0.15, 0.2) is 0 Å². The average molecular weight is 228 g/mol. The SMILES string of the molecule is Cc1[nH]ccc1C(=O)N(C)Cc1ccccc1. The summed E-state index contributed by atoms with van der Waals surface area (Å²) in [6, 6.07) is 11.8. The highest BCUT2D eigenvalue weighted by atomic mass is 16.2. The molecule has 0 unspecified atom stereocenters. The van der Waals surface area contributed by atoms with Crippen LogP contribution in [0.2, 0.25) is 0 Å². The van der Waals surface area contributed by atoms with Crippen molar-refractivity contribution < 1.29 is 4.79 Å². The second kappa shape index (κ2) is 4.87. The van der Waals surface area contributed by atoms with Crippen LogP contribution in [0.3, 0.4) is 0 Å². The van der Waals surface area contributed by atoms with Crippen LogP contribution in [-0.2, 0) is 6.54 Å². The molecule has 0 bridgehead atoms. The van der Waals surface area contributed by atoms with Gasteiger partial charge in [-0.05, 0) is 18.6 Å². The van der Waals surface area contributed by atoms with Crippen LogP contribution in [0.1, 0.15) is 21.6 Å². The molecular weight excluding hydrogens is 212 g/mol. The third-order valence-corrected chi connectivity index (χ3v) is 2.79. The average Bonchev–Trinajstić information content (AvgIpc) is 2.76. The number of hydrogen-bond acceptors (Lipinski definition) is 1. The van der Waals surface area contributed by atoms with Crippen molar-refractivity contribution in [2.24, 2.45) is 0 Å². The summed E-state index contributed by atoms with van der Waals surface area (Å²) in [5.74, 6) is 0.0487. The molecule has 0 aliphatic heterocycles. The lowest BCUT2D eigenvalue weighted by molar-refractivity contribution is 0.0784. The summed E-state index contributed by atoms with van der Waals surface area (Å²) in [7, 11) is 1.82. The summed E-state index contributed by atoms with van der Waals surface area (Å²) in [4.78, 5) is 16.9. The summed E-state index contributed by atoms with van der Waals surface area (Å²) >= 11 is 0. The highest BCUT2D eigenvalue weighted by Crippen LogP contribution is 2.10. The lowest BCUT2D eigenvalue weighted by Crippen LogP contribution is -2.26. The summed E-state index contributed by atoms with van der Waals surface area (Å²) in [6.45, 7) is 2.54. The first-order valence-electron chi connectivity index (χ1n) is 5.62. The Hall–Kier alpha value is -2.03. The van der Waals surface area contributed by atoms with Crippen LogP contribution < -0.4 is 0 Å². The molecule has 0 saturated carbocycles. The number of aromatic amines is 1. The fourth-order valence-electron chi connectivity index (χ4n) is 1.82. The summed E-state index contributed by atoms with van der Waals surface area (Å²) in [5, 5.41) is 0. The molecule has 1 heterocycles. The monoisotopic (exact) mass is 228 g/mol. The van der Waals surface area contributed by atoms with E-state index in [2.05, 4.69) is 4.98 Å². The number of hydrogen-bond donors (Lipinski definition) is 1. The lowest BCUT2D eigenvalue weighted by Gasteiger charge is -2.17. The van der Waals surface area contributed by atoms with Gasteiger partial charge in [0.05, 0.1) is 5.56 Å². The number of H-pyrrole nitrogens is 1. The maximum atomic E-state index is 12.1. The molecule has 1 amide bonds. The van der Waals surface area contributed by atoms with Crippen molar-refractivity contribution in [1.82, 2.24) is 9.88 Å². The first-order chi connectivity index (χ1) is 8.18. The Bertz CT molecular complexity index is 502. The zero-order chi connectivity index (χ0) is 12.3. The van der Waals surface area contributed by atoms with E-state index in [1.165, 1.54) is 0 Å². The summed E-state index contributed by atoms with van der Waals surface area (Å²) < 4.78 is 0. The van der Waals surface area contributed by atoms with E-state index in [4.69, 9.17) is 0 Å². The lowest BCUT2D eigenvalue weighted by atomic mass is 10.2. The van der Waals surface area contributed by atoms with Gasteiger partial charge in [-0.1, -0.05) is 30.3 Å². The predicted molar refractivity (Wildman–Crippen MR) is 67.8 cm³/mol. The van der Waals surface area contributed by atoms with Crippen LogP contribution in [0.5, 0.6) is 0 Å². The Morgan fingerprint density at radius 2 is 1.94 bits per heavy atom. The van der Waals surface area contributed by atoms with Crippen LogP contribution in [0.15, 0.2) is 42.6 Å². The Balaban J connectivity index is 2.09.